The lowest BCUT2D eigenvalue weighted by atomic mass is 10.3. The molecule has 1 rings (SSSR count). The van der Waals surface area contributed by atoms with E-state index in [1.807, 2.05) is 24.3 Å². The Morgan fingerprint density at radius 2 is 2.05 bits per heavy atom. The van der Waals surface area contributed by atoms with E-state index in [9.17, 15) is 0 Å². The minimum Gasteiger partial charge on any atom is -0.380 e. The average Bonchev–Trinajstić information content (AvgIpc) is 2.41. The van der Waals surface area contributed by atoms with Crippen LogP contribution in [0.2, 0.25) is 0 Å². The van der Waals surface area contributed by atoms with Crippen LogP contribution in [-0.4, -0.2) is 30.0 Å². The van der Waals surface area contributed by atoms with Crippen molar-refractivity contribution in [2.75, 3.05) is 25.1 Å². The Labute approximate surface area is 124 Å². The van der Waals surface area contributed by atoms with Gasteiger partial charge in [0, 0.05) is 18.8 Å². The summed E-state index contributed by atoms with van der Waals surface area (Å²) in [6.45, 7) is 4.21. The normalized spacial score (nSPS) is 9.53. The summed E-state index contributed by atoms with van der Waals surface area (Å²) in [6.07, 6.45) is 1.03. The molecule has 102 valence electrons. The maximum absolute atomic E-state index is 5.35. The van der Waals surface area contributed by atoms with Crippen LogP contribution in [0, 0.1) is 0 Å². The summed E-state index contributed by atoms with van der Waals surface area (Å²) < 4.78 is 5.35. The second-order valence-electron chi connectivity index (χ2n) is 3.74. The van der Waals surface area contributed by atoms with Gasteiger partial charge in [0.15, 0.2) is 5.11 Å². The first-order valence-electron chi connectivity index (χ1n) is 6.06. The van der Waals surface area contributed by atoms with E-state index in [2.05, 4.69) is 39.9 Å². The molecule has 19 heavy (non-hydrogen) atoms. The third kappa shape index (κ3) is 6.98. The van der Waals surface area contributed by atoms with Crippen molar-refractivity contribution in [1.82, 2.24) is 5.32 Å². The third-order valence-corrected chi connectivity index (χ3v) is 2.52. The van der Waals surface area contributed by atoms with Crippen molar-refractivity contribution >= 4 is 46.1 Å². The highest BCUT2D eigenvalue weighted by Crippen LogP contribution is 2.15. The predicted octanol–water partition coefficient (Wildman–Crippen LogP) is 3.13. The van der Waals surface area contributed by atoms with E-state index in [1.165, 1.54) is 0 Å². The molecule has 0 aliphatic carbocycles. The summed E-state index contributed by atoms with van der Waals surface area (Å²) in [5.41, 5.74) is 1.67. The van der Waals surface area contributed by atoms with E-state index in [4.69, 9.17) is 17.0 Å². The first kappa shape index (κ1) is 15.7. The molecule has 0 saturated heterocycles. The molecule has 0 bridgehead atoms. The van der Waals surface area contributed by atoms with Crippen LogP contribution in [0.15, 0.2) is 29.3 Å². The Bertz CT molecular complexity index is 442. The van der Waals surface area contributed by atoms with Gasteiger partial charge in [-0.25, -0.2) is 0 Å². The molecule has 1 aromatic rings. The van der Waals surface area contributed by atoms with Crippen molar-refractivity contribution in [3.8, 4) is 0 Å². The molecule has 0 saturated carbocycles. The van der Waals surface area contributed by atoms with E-state index >= 15 is 0 Å². The third-order valence-electron chi connectivity index (χ3n) is 2.18. The van der Waals surface area contributed by atoms with E-state index in [-0.39, 0.29) is 0 Å². The Morgan fingerprint density at radius 3 is 2.68 bits per heavy atom. The number of thiocarbonyl (C=S) groups is 2. The number of anilines is 1. The molecule has 0 aromatic heterocycles. The smallest absolute Gasteiger partial charge is 0.170 e. The molecule has 0 fully saturated rings. The lowest BCUT2D eigenvalue weighted by Crippen LogP contribution is -2.31. The summed E-state index contributed by atoms with van der Waals surface area (Å²) in [5.74, 6) is 0. The van der Waals surface area contributed by atoms with Crippen LogP contribution >= 0.6 is 24.4 Å². The van der Waals surface area contributed by atoms with Crippen LogP contribution in [0.1, 0.15) is 13.3 Å². The molecular formula is C13H17N3OS2. The summed E-state index contributed by atoms with van der Waals surface area (Å²) in [4.78, 5) is 3.88. The minimum atomic E-state index is 0.575. The fraction of sp³-hybridized carbons (Fsp3) is 0.385. The van der Waals surface area contributed by atoms with E-state index < -0.39 is 0 Å². The molecule has 0 spiro atoms. The van der Waals surface area contributed by atoms with Crippen molar-refractivity contribution in [3.05, 3.63) is 24.3 Å². The van der Waals surface area contributed by atoms with Crippen LogP contribution in [0.25, 0.3) is 0 Å². The van der Waals surface area contributed by atoms with E-state index in [1.54, 1.807) is 0 Å². The van der Waals surface area contributed by atoms with Gasteiger partial charge >= 0.3 is 0 Å². The summed E-state index contributed by atoms with van der Waals surface area (Å²) >= 11 is 9.71. The molecule has 0 radical (unpaired) electrons. The number of hydrogen-bond acceptors (Lipinski definition) is 4. The Hall–Kier alpha value is -1.33. The highest BCUT2D eigenvalue weighted by Gasteiger charge is 1.97. The van der Waals surface area contributed by atoms with Gasteiger partial charge < -0.3 is 15.4 Å². The molecule has 0 heterocycles. The van der Waals surface area contributed by atoms with E-state index in [0.29, 0.717) is 18.3 Å². The fourth-order valence-electron chi connectivity index (χ4n) is 1.33. The highest BCUT2D eigenvalue weighted by molar-refractivity contribution is 7.80. The van der Waals surface area contributed by atoms with Crippen molar-refractivity contribution in [2.45, 2.75) is 13.3 Å². The number of aliphatic imine (C=N–C) groups is 1. The van der Waals surface area contributed by atoms with Crippen LogP contribution in [0.5, 0.6) is 0 Å². The summed E-state index contributed by atoms with van der Waals surface area (Å²) in [5, 5.41) is 9.05. The molecule has 0 amide bonds. The quantitative estimate of drug-likeness (QED) is 0.460. The van der Waals surface area contributed by atoms with Gasteiger partial charge in [-0.2, -0.15) is 4.99 Å². The number of rotatable bonds is 7. The molecule has 6 heteroatoms. The molecule has 0 unspecified atom stereocenters. The summed E-state index contributed by atoms with van der Waals surface area (Å²) in [7, 11) is 0. The number of ether oxygens (including phenoxy) is 1. The van der Waals surface area contributed by atoms with Gasteiger partial charge in [0.1, 0.15) is 0 Å². The maximum atomic E-state index is 5.35. The topological polar surface area (TPSA) is 45.6 Å². The second-order valence-corrected chi connectivity index (χ2v) is 4.33. The fourth-order valence-corrected chi connectivity index (χ4v) is 1.66. The van der Waals surface area contributed by atoms with Crippen LogP contribution in [0.4, 0.5) is 11.4 Å². The largest absolute Gasteiger partial charge is 0.380 e. The minimum absolute atomic E-state index is 0.575. The zero-order chi connectivity index (χ0) is 13.9. The highest BCUT2D eigenvalue weighted by atomic mass is 32.1. The molecule has 0 aliphatic rings. The van der Waals surface area contributed by atoms with Gasteiger partial charge in [0.05, 0.1) is 17.5 Å². The van der Waals surface area contributed by atoms with Gasteiger partial charge in [0.25, 0.3) is 0 Å². The van der Waals surface area contributed by atoms with Gasteiger partial charge in [-0.1, -0.05) is 6.92 Å². The number of nitrogens with one attached hydrogen (secondary N) is 2. The molecule has 0 atom stereocenters. The van der Waals surface area contributed by atoms with Gasteiger partial charge in [-0.3, -0.25) is 0 Å². The number of isothiocyanates is 1. The monoisotopic (exact) mass is 295 g/mol. The lowest BCUT2D eigenvalue weighted by molar-refractivity contribution is 0.139. The molecule has 0 aliphatic heterocycles. The Balaban J connectivity index is 2.29. The predicted molar refractivity (Wildman–Crippen MR) is 86.5 cm³/mol. The maximum Gasteiger partial charge on any atom is 0.170 e. The van der Waals surface area contributed by atoms with Gasteiger partial charge in [0.2, 0.25) is 0 Å². The molecular weight excluding hydrogens is 278 g/mol. The standard InChI is InChI=1S/C13H17N3OS2/c1-2-8-17-9-7-14-13(19)16-12-5-3-11(4-6-12)15-10-18/h3-6H,2,7-9H2,1H3,(H2,14,16,19). The number of nitrogens with zero attached hydrogens (tertiary/aromatic N) is 1. The van der Waals surface area contributed by atoms with Gasteiger partial charge in [-0.05, 0) is 55.1 Å². The average molecular weight is 295 g/mol. The number of hydrogen-bond donors (Lipinski definition) is 2. The molecule has 1 aromatic carbocycles. The Kier molecular flexibility index (Phi) is 7.93. The summed E-state index contributed by atoms with van der Waals surface area (Å²) in [6, 6.07) is 7.45. The van der Waals surface area contributed by atoms with Crippen LogP contribution < -0.4 is 10.6 Å². The SMILES string of the molecule is CCCOCCNC(=S)Nc1ccc(N=C=S)cc1. The zero-order valence-electron chi connectivity index (χ0n) is 10.8. The van der Waals surface area contributed by atoms with Crippen molar-refractivity contribution < 1.29 is 4.74 Å². The second kappa shape index (κ2) is 9.58. The number of benzene rings is 1. The van der Waals surface area contributed by atoms with Crippen molar-refractivity contribution in [2.24, 2.45) is 4.99 Å². The van der Waals surface area contributed by atoms with Gasteiger partial charge in [-0.15, -0.1) is 0 Å². The first-order chi connectivity index (χ1) is 9.26. The van der Waals surface area contributed by atoms with Crippen LogP contribution in [0.3, 0.4) is 0 Å². The lowest BCUT2D eigenvalue weighted by Gasteiger charge is -2.10. The van der Waals surface area contributed by atoms with Crippen molar-refractivity contribution in [3.63, 3.8) is 0 Å². The van der Waals surface area contributed by atoms with E-state index in [0.717, 1.165) is 24.4 Å². The Morgan fingerprint density at radius 1 is 1.32 bits per heavy atom. The van der Waals surface area contributed by atoms with Crippen molar-refractivity contribution in [1.29, 1.82) is 0 Å². The molecule has 4 nitrogen and oxygen atoms in total. The first-order valence-corrected chi connectivity index (χ1v) is 6.88. The zero-order valence-corrected chi connectivity index (χ0v) is 12.4. The van der Waals surface area contributed by atoms with Crippen LogP contribution in [-0.2, 0) is 4.74 Å². The molecule has 2 N–H and O–H groups in total.